The number of H-pyrrole nitrogens is 4. The van der Waals surface area contributed by atoms with E-state index < -0.39 is 5.97 Å². The summed E-state index contributed by atoms with van der Waals surface area (Å²) in [4.78, 5) is 92.4. The molecule has 0 unspecified atom stereocenters. The van der Waals surface area contributed by atoms with Crippen LogP contribution >= 0.6 is 11.3 Å². The summed E-state index contributed by atoms with van der Waals surface area (Å²) in [5, 5.41) is 26.2. The molecule has 5 N–H and O–H groups in total. The van der Waals surface area contributed by atoms with Gasteiger partial charge in [0.1, 0.15) is 56.8 Å². The highest BCUT2D eigenvalue weighted by atomic mass is 32.1. The third-order valence-corrected chi connectivity index (χ3v) is 21.8. The summed E-state index contributed by atoms with van der Waals surface area (Å²) in [7, 11) is 0. The Balaban J connectivity index is 0.654. The molecule has 4 aliphatic rings. The molecule has 111 heavy (non-hydrogen) atoms. The van der Waals surface area contributed by atoms with Crippen LogP contribution in [0.1, 0.15) is 4.88 Å². The van der Waals surface area contributed by atoms with Crippen molar-refractivity contribution in [1.82, 2.24) is 79.7 Å². The van der Waals surface area contributed by atoms with Crippen LogP contribution in [0.25, 0.3) is 218 Å². The molecule has 21 heteroatoms. The highest BCUT2D eigenvalue weighted by Crippen LogP contribution is 2.45. The molecule has 18 aromatic rings. The van der Waals surface area contributed by atoms with Crippen LogP contribution in [0.15, 0.2) is 272 Å². The predicted octanol–water partition coefficient (Wildman–Crippen LogP) is 20.6. The van der Waals surface area contributed by atoms with E-state index >= 15 is 0 Å². The summed E-state index contributed by atoms with van der Waals surface area (Å²) >= 11 is 1.41. The highest BCUT2D eigenvalue weighted by Gasteiger charge is 2.27. The molecule has 7 aromatic heterocycles. The monoisotopic (exact) mass is 1450 g/mol. The van der Waals surface area contributed by atoms with Gasteiger partial charge >= 0.3 is 5.97 Å². The number of hydrogen-bond acceptors (Lipinski definition) is 16. The van der Waals surface area contributed by atoms with Crippen molar-refractivity contribution < 1.29 is 9.90 Å². The SMILES string of the molecule is N#C/C(=C\c1ccc(-c2ccc(N(c3ccc(-c4ccc5c(c4)-c4nc-5nc5[nH]c(nc6nc(nc7[nH]c(n4)c4ccccc74)-c4ccccc4-6)c4ccccc54)cc3)c3ccc(-c4ccc5c(c4)-c4nc-5nc5[nH]c(nc6nc(nc7[nH]c(n4)c4ccccc74)-c4ccccc4-6)c4ccccc54)cc3)cc2)s1)C(=O)O. The largest absolute Gasteiger partial charge is 0.477 e. The molecule has 22 rings (SSSR count). The van der Waals surface area contributed by atoms with Gasteiger partial charge in [-0.05, 0) is 107 Å². The summed E-state index contributed by atoms with van der Waals surface area (Å²) in [6.45, 7) is 0. The molecule has 0 atom stereocenters. The van der Waals surface area contributed by atoms with Crippen LogP contribution in [0.2, 0.25) is 0 Å². The van der Waals surface area contributed by atoms with Crippen LogP contribution in [0.5, 0.6) is 0 Å². The first-order valence-electron chi connectivity index (χ1n) is 35.7. The molecular weight excluding hydrogens is 1400 g/mol. The van der Waals surface area contributed by atoms with Crippen LogP contribution in [-0.4, -0.2) is 90.8 Å². The van der Waals surface area contributed by atoms with Crippen molar-refractivity contribution in [2.24, 2.45) is 0 Å². The van der Waals surface area contributed by atoms with Crippen molar-refractivity contribution in [2.75, 3.05) is 4.90 Å². The molecule has 0 saturated carbocycles. The summed E-state index contributed by atoms with van der Waals surface area (Å²) in [6.07, 6.45) is 1.40. The van der Waals surface area contributed by atoms with Gasteiger partial charge in [-0.1, -0.05) is 194 Å². The number of hydrogen-bond donors (Lipinski definition) is 5. The second kappa shape index (κ2) is 24.7. The number of fused-ring (bicyclic) bond motifs is 40. The molecule has 0 saturated heterocycles. The van der Waals surface area contributed by atoms with Crippen LogP contribution in [-0.2, 0) is 4.79 Å². The first kappa shape index (κ1) is 62.7. The van der Waals surface area contributed by atoms with Gasteiger partial charge in [0.2, 0.25) is 0 Å². The molecule has 11 aromatic carbocycles. The summed E-state index contributed by atoms with van der Waals surface area (Å²) < 4.78 is 0. The van der Waals surface area contributed by atoms with Crippen molar-refractivity contribution in [3.63, 3.8) is 0 Å². The number of anilines is 3. The van der Waals surface area contributed by atoms with E-state index in [-0.39, 0.29) is 5.57 Å². The number of rotatable bonds is 8. The van der Waals surface area contributed by atoms with Gasteiger partial charge in [0.25, 0.3) is 0 Å². The van der Waals surface area contributed by atoms with Gasteiger partial charge in [-0.2, -0.15) is 5.26 Å². The number of aromatic amines is 4. The van der Waals surface area contributed by atoms with Crippen LogP contribution < -0.4 is 4.90 Å². The Morgan fingerprint density at radius 3 is 0.856 bits per heavy atom. The Morgan fingerprint density at radius 1 is 0.306 bits per heavy atom. The Bertz CT molecular complexity index is 7140. The Morgan fingerprint density at radius 2 is 0.568 bits per heavy atom. The number of carboxylic acids is 1. The van der Waals surface area contributed by atoms with E-state index in [1.165, 1.54) is 17.4 Å². The number of carboxylic acid groups (broad SMARTS) is 1. The van der Waals surface area contributed by atoms with Gasteiger partial charge in [0.15, 0.2) is 46.6 Å². The molecule has 0 fully saturated rings. The van der Waals surface area contributed by atoms with E-state index in [9.17, 15) is 15.2 Å². The number of benzene rings is 11. The van der Waals surface area contributed by atoms with Gasteiger partial charge in [-0.3, -0.25) is 0 Å². The summed E-state index contributed by atoms with van der Waals surface area (Å²) in [6, 6.07) is 91.7. The number of nitrogens with zero attached hydrogens (tertiary/aromatic N) is 14. The molecule has 0 amide bonds. The van der Waals surface area contributed by atoms with Crippen molar-refractivity contribution in [3.05, 3.63) is 277 Å². The van der Waals surface area contributed by atoms with E-state index in [4.69, 9.17) is 59.8 Å². The van der Waals surface area contributed by atoms with Crippen LogP contribution in [0, 0.1) is 11.3 Å². The zero-order valence-electron chi connectivity index (χ0n) is 58.0. The van der Waals surface area contributed by atoms with Crippen molar-refractivity contribution >= 4 is 129 Å². The van der Waals surface area contributed by atoms with Gasteiger partial charge in [0.05, 0.1) is 0 Å². The van der Waals surface area contributed by atoms with Gasteiger partial charge in [-0.15, -0.1) is 11.3 Å². The fourth-order valence-electron chi connectivity index (χ4n) is 15.3. The number of aliphatic carboxylic acids is 1. The normalized spacial score (nSPS) is 12.1. The minimum atomic E-state index is -1.27. The Hall–Kier alpha value is -15.7. The molecule has 4 aliphatic heterocycles. The maximum atomic E-state index is 11.8. The minimum Gasteiger partial charge on any atom is -0.477 e. The lowest BCUT2D eigenvalue weighted by Crippen LogP contribution is -2.09. The smallest absolute Gasteiger partial charge is 0.346 e. The molecule has 518 valence electrons. The van der Waals surface area contributed by atoms with Crippen molar-refractivity contribution in [1.29, 1.82) is 5.26 Å². The lowest BCUT2D eigenvalue weighted by Gasteiger charge is -2.26. The third kappa shape index (κ3) is 10.5. The number of aromatic nitrogens is 16. The minimum absolute atomic E-state index is 0.333. The average molecular weight is 1450 g/mol. The quantitative estimate of drug-likeness (QED) is 0.0698. The average Bonchev–Trinajstić information content (AvgIpc) is 1.64. The van der Waals surface area contributed by atoms with Gasteiger partial charge in [-0.25, -0.2) is 64.6 Å². The van der Waals surface area contributed by atoms with E-state index in [1.54, 1.807) is 6.07 Å². The zero-order valence-corrected chi connectivity index (χ0v) is 58.8. The second-order valence-corrected chi connectivity index (χ2v) is 28.3. The number of nitriles is 1. The second-order valence-electron chi connectivity index (χ2n) is 27.2. The molecule has 0 spiro atoms. The molecular formula is C90H50N18O2S. The maximum absolute atomic E-state index is 11.8. The van der Waals surface area contributed by atoms with Crippen molar-refractivity contribution in [3.8, 4) is 130 Å². The lowest BCUT2D eigenvalue weighted by atomic mass is 9.98. The molecule has 11 heterocycles. The van der Waals surface area contributed by atoms with Gasteiger partial charge < -0.3 is 29.9 Å². The summed E-state index contributed by atoms with van der Waals surface area (Å²) in [5.41, 5.74) is 18.6. The molecule has 0 radical (unpaired) electrons. The highest BCUT2D eigenvalue weighted by molar-refractivity contribution is 7.16. The third-order valence-electron chi connectivity index (χ3n) is 20.7. The lowest BCUT2D eigenvalue weighted by molar-refractivity contribution is -0.132. The fraction of sp³-hybridized carbons (Fsp3) is 0. The van der Waals surface area contributed by atoms with E-state index in [2.05, 4.69) is 134 Å². The zero-order chi connectivity index (χ0) is 73.5. The first-order valence-corrected chi connectivity index (χ1v) is 36.6. The van der Waals surface area contributed by atoms with E-state index in [0.29, 0.717) is 96.6 Å². The number of carbonyl (C=O) groups is 1. The first-order chi connectivity index (χ1) is 54.7. The van der Waals surface area contributed by atoms with Crippen molar-refractivity contribution in [2.45, 2.75) is 0 Å². The summed E-state index contributed by atoms with van der Waals surface area (Å²) in [5.74, 6) is 2.84. The number of thiophene rings is 1. The molecule has 16 bridgehead atoms. The topological polar surface area (TPSA) is 282 Å². The Kier molecular flexibility index (Phi) is 14.0. The van der Waals surface area contributed by atoms with E-state index in [1.807, 2.05) is 158 Å². The fourth-order valence-corrected chi connectivity index (χ4v) is 16.3. The molecule has 0 aliphatic carbocycles. The van der Waals surface area contributed by atoms with Crippen LogP contribution in [0.3, 0.4) is 0 Å². The van der Waals surface area contributed by atoms with E-state index in [0.717, 1.165) is 137 Å². The van der Waals surface area contributed by atoms with Gasteiger partial charge in [0, 0.05) is 114 Å². The number of nitrogens with one attached hydrogen (secondary N) is 4. The van der Waals surface area contributed by atoms with Crippen LogP contribution in [0.4, 0.5) is 17.1 Å². The maximum Gasteiger partial charge on any atom is 0.346 e. The predicted molar refractivity (Wildman–Crippen MR) is 436 cm³/mol. The molecule has 20 nitrogen and oxygen atoms in total. The Labute approximate surface area is 632 Å². The standard InChI is InChI=1S/C90H50N18O2S/c91-46-52(90(109)110)43-56-39-42-73(111-56)49-29-37-55(38-30-49)108(53-33-25-47(26-34-53)50-31-40-69-71(44-50)88-104-84-67-23-11-9-21-65(67)80(100-84)96-76-59-15-3-1-13-57(59)74(92-76)94-78-61-17-5-7-19-63(61)82(98-78)102-86(69)106-88)54-35-27-48(28-36-54)51-32-41-70-72(45-51)89-105-85-68-24-12-10-22-66(68)81(101-85)97-77-60-16-4-2-14-58(60)75(93-77)95-79-62-18-6-8-20-64(62)83(99-79)103-87(70)107-89/h1-45H,(H,109,110)(H2,92,94,96,98,100,102,104,106)(H2,93,95,97,99,101,103,105,107)/b52-43+.